The molecule has 1 aromatic carbocycles. The number of carbonyl (C=O) groups is 1. The van der Waals surface area contributed by atoms with Crippen LogP contribution in [0.4, 0.5) is 8.78 Å². The van der Waals surface area contributed by atoms with E-state index in [1.165, 1.54) is 0 Å². The number of nitrogens with one attached hydrogen (secondary N) is 2. The van der Waals surface area contributed by atoms with Gasteiger partial charge in [-0.2, -0.15) is 0 Å². The fourth-order valence-electron chi connectivity index (χ4n) is 1.17. The Bertz CT molecular complexity index is 317. The first kappa shape index (κ1) is 12.6. The van der Waals surface area contributed by atoms with Crippen LogP contribution in [0.3, 0.4) is 0 Å². The van der Waals surface area contributed by atoms with Crippen LogP contribution in [-0.4, -0.2) is 25.4 Å². The molecule has 0 aliphatic carbocycles. The number of hydrogen-bond acceptors (Lipinski definition) is 2. The first-order valence-electron chi connectivity index (χ1n) is 4.98. The van der Waals surface area contributed by atoms with Crippen molar-refractivity contribution in [2.45, 2.75) is 13.0 Å². The lowest BCUT2D eigenvalue weighted by molar-refractivity contribution is -0.120. The van der Waals surface area contributed by atoms with Crippen molar-refractivity contribution in [2.24, 2.45) is 0 Å². The van der Waals surface area contributed by atoms with Crippen LogP contribution in [0.15, 0.2) is 30.3 Å². The molecule has 0 spiro atoms. The maximum Gasteiger partial charge on any atom is 0.255 e. The summed E-state index contributed by atoms with van der Waals surface area (Å²) in [6.07, 6.45) is -2.50. The molecule has 0 atom stereocenters. The van der Waals surface area contributed by atoms with Crippen molar-refractivity contribution in [2.75, 3.05) is 13.1 Å². The monoisotopic (exact) mass is 228 g/mol. The van der Waals surface area contributed by atoms with Gasteiger partial charge in [0.05, 0.1) is 13.1 Å². The van der Waals surface area contributed by atoms with Crippen LogP contribution in [0.25, 0.3) is 0 Å². The van der Waals surface area contributed by atoms with E-state index in [1.807, 2.05) is 30.3 Å². The zero-order valence-electron chi connectivity index (χ0n) is 8.75. The molecular formula is C11H14F2N2O. The van der Waals surface area contributed by atoms with Crippen molar-refractivity contribution in [3.05, 3.63) is 35.9 Å². The van der Waals surface area contributed by atoms with E-state index < -0.39 is 18.9 Å². The number of halogens is 2. The van der Waals surface area contributed by atoms with Gasteiger partial charge in [-0.3, -0.25) is 4.79 Å². The first-order valence-corrected chi connectivity index (χ1v) is 4.98. The van der Waals surface area contributed by atoms with E-state index in [1.54, 1.807) is 0 Å². The Morgan fingerprint density at radius 2 is 1.94 bits per heavy atom. The second-order valence-corrected chi connectivity index (χ2v) is 3.28. The summed E-state index contributed by atoms with van der Waals surface area (Å²) in [6.45, 7) is -0.00357. The van der Waals surface area contributed by atoms with E-state index in [0.717, 1.165) is 5.56 Å². The molecule has 0 aliphatic heterocycles. The van der Waals surface area contributed by atoms with Crippen LogP contribution in [0.2, 0.25) is 0 Å². The van der Waals surface area contributed by atoms with Crippen LogP contribution in [0, 0.1) is 0 Å². The molecule has 0 radical (unpaired) electrons. The summed E-state index contributed by atoms with van der Waals surface area (Å²) in [5.74, 6) is -0.420. The average molecular weight is 228 g/mol. The number of amides is 1. The van der Waals surface area contributed by atoms with Crippen molar-refractivity contribution < 1.29 is 13.6 Å². The highest BCUT2D eigenvalue weighted by Crippen LogP contribution is 1.96. The first-order chi connectivity index (χ1) is 7.68. The minimum Gasteiger partial charge on any atom is -0.349 e. The van der Waals surface area contributed by atoms with E-state index in [9.17, 15) is 13.6 Å². The zero-order chi connectivity index (χ0) is 11.8. The predicted octanol–water partition coefficient (Wildman–Crippen LogP) is 1.16. The molecule has 0 heterocycles. The number of alkyl halides is 2. The Labute approximate surface area is 92.8 Å². The number of rotatable bonds is 6. The summed E-state index contributed by atoms with van der Waals surface area (Å²) in [6, 6.07) is 9.54. The summed E-state index contributed by atoms with van der Waals surface area (Å²) < 4.78 is 23.5. The standard InChI is InChI=1S/C11H14F2N2O/c12-10(13)7-15-11(16)8-14-6-9-4-2-1-3-5-9/h1-5,10,14H,6-8H2,(H,15,16). The maximum absolute atomic E-state index is 11.7. The van der Waals surface area contributed by atoms with Crippen LogP contribution >= 0.6 is 0 Å². The van der Waals surface area contributed by atoms with E-state index in [2.05, 4.69) is 10.6 Å². The van der Waals surface area contributed by atoms with Crippen molar-refractivity contribution in [1.29, 1.82) is 0 Å². The van der Waals surface area contributed by atoms with Crippen LogP contribution < -0.4 is 10.6 Å². The molecule has 1 amide bonds. The second kappa shape index (κ2) is 6.90. The summed E-state index contributed by atoms with van der Waals surface area (Å²) >= 11 is 0. The quantitative estimate of drug-likeness (QED) is 0.767. The van der Waals surface area contributed by atoms with E-state index in [0.29, 0.717) is 6.54 Å². The second-order valence-electron chi connectivity index (χ2n) is 3.28. The summed E-state index contributed by atoms with van der Waals surface area (Å²) in [5, 5.41) is 4.99. The molecule has 0 saturated carbocycles. The topological polar surface area (TPSA) is 41.1 Å². The molecule has 3 nitrogen and oxygen atoms in total. The third kappa shape index (κ3) is 5.41. The third-order valence-corrected chi connectivity index (χ3v) is 1.91. The van der Waals surface area contributed by atoms with Crippen molar-refractivity contribution >= 4 is 5.91 Å². The van der Waals surface area contributed by atoms with Crippen LogP contribution in [-0.2, 0) is 11.3 Å². The molecule has 0 aromatic heterocycles. The van der Waals surface area contributed by atoms with E-state index >= 15 is 0 Å². The van der Waals surface area contributed by atoms with E-state index in [-0.39, 0.29) is 6.54 Å². The Kier molecular flexibility index (Phi) is 5.42. The molecular weight excluding hydrogens is 214 g/mol. The van der Waals surface area contributed by atoms with Gasteiger partial charge in [0, 0.05) is 6.54 Å². The summed E-state index contributed by atoms with van der Waals surface area (Å²) in [4.78, 5) is 11.0. The normalized spacial score (nSPS) is 10.4. The summed E-state index contributed by atoms with van der Waals surface area (Å²) in [5.41, 5.74) is 1.05. The van der Waals surface area contributed by atoms with Crippen molar-refractivity contribution in [3.8, 4) is 0 Å². The molecule has 0 unspecified atom stereocenters. The minimum absolute atomic E-state index is 0.0433. The lowest BCUT2D eigenvalue weighted by Crippen LogP contribution is -2.36. The fraction of sp³-hybridized carbons (Fsp3) is 0.364. The SMILES string of the molecule is O=C(CNCc1ccccc1)NCC(F)F. The highest BCUT2D eigenvalue weighted by atomic mass is 19.3. The smallest absolute Gasteiger partial charge is 0.255 e. The Hall–Kier alpha value is -1.49. The van der Waals surface area contributed by atoms with Crippen molar-refractivity contribution in [1.82, 2.24) is 10.6 Å². The molecule has 16 heavy (non-hydrogen) atoms. The highest BCUT2D eigenvalue weighted by molar-refractivity contribution is 5.77. The number of carbonyl (C=O) groups excluding carboxylic acids is 1. The Morgan fingerprint density at radius 1 is 1.25 bits per heavy atom. The lowest BCUT2D eigenvalue weighted by atomic mass is 10.2. The molecule has 0 saturated heterocycles. The van der Waals surface area contributed by atoms with Gasteiger partial charge in [0.2, 0.25) is 5.91 Å². The molecule has 0 aliphatic rings. The average Bonchev–Trinajstić information content (AvgIpc) is 2.28. The van der Waals surface area contributed by atoms with Gasteiger partial charge in [0.25, 0.3) is 6.43 Å². The number of benzene rings is 1. The molecule has 1 rings (SSSR count). The third-order valence-electron chi connectivity index (χ3n) is 1.91. The van der Waals surface area contributed by atoms with Gasteiger partial charge in [0.1, 0.15) is 0 Å². The maximum atomic E-state index is 11.7. The number of hydrogen-bond donors (Lipinski definition) is 2. The van der Waals surface area contributed by atoms with Gasteiger partial charge in [-0.1, -0.05) is 30.3 Å². The van der Waals surface area contributed by atoms with Gasteiger partial charge in [-0.25, -0.2) is 8.78 Å². The van der Waals surface area contributed by atoms with Gasteiger partial charge in [-0.05, 0) is 5.56 Å². The zero-order valence-corrected chi connectivity index (χ0v) is 8.75. The van der Waals surface area contributed by atoms with Gasteiger partial charge < -0.3 is 10.6 Å². The molecule has 1 aromatic rings. The van der Waals surface area contributed by atoms with Gasteiger partial charge in [-0.15, -0.1) is 0 Å². The lowest BCUT2D eigenvalue weighted by Gasteiger charge is -2.06. The molecule has 2 N–H and O–H groups in total. The van der Waals surface area contributed by atoms with Crippen molar-refractivity contribution in [3.63, 3.8) is 0 Å². The molecule has 88 valence electrons. The summed E-state index contributed by atoms with van der Waals surface area (Å²) in [7, 11) is 0. The molecule has 0 bridgehead atoms. The highest BCUT2D eigenvalue weighted by Gasteiger charge is 2.05. The van der Waals surface area contributed by atoms with Crippen LogP contribution in [0.5, 0.6) is 0 Å². The predicted molar refractivity (Wildman–Crippen MR) is 57.2 cm³/mol. The largest absolute Gasteiger partial charge is 0.349 e. The Balaban J connectivity index is 2.13. The minimum atomic E-state index is -2.50. The Morgan fingerprint density at radius 3 is 2.56 bits per heavy atom. The van der Waals surface area contributed by atoms with E-state index in [4.69, 9.17) is 0 Å². The molecule has 5 heteroatoms. The fourth-order valence-corrected chi connectivity index (χ4v) is 1.17. The van der Waals surface area contributed by atoms with Crippen LogP contribution in [0.1, 0.15) is 5.56 Å². The van der Waals surface area contributed by atoms with Gasteiger partial charge >= 0.3 is 0 Å². The molecule has 0 fully saturated rings. The van der Waals surface area contributed by atoms with Gasteiger partial charge in [0.15, 0.2) is 0 Å².